The van der Waals surface area contributed by atoms with Crippen LogP contribution < -0.4 is 5.32 Å². The van der Waals surface area contributed by atoms with Crippen molar-refractivity contribution in [2.45, 2.75) is 12.5 Å². The highest BCUT2D eigenvalue weighted by atomic mass is 35.5. The fourth-order valence-electron chi connectivity index (χ4n) is 2.43. The molecule has 0 bridgehead atoms. The van der Waals surface area contributed by atoms with E-state index in [1.807, 2.05) is 6.08 Å². The van der Waals surface area contributed by atoms with E-state index in [-0.39, 0.29) is 24.3 Å². The van der Waals surface area contributed by atoms with E-state index in [0.29, 0.717) is 17.0 Å². The molecule has 0 aliphatic carbocycles. The smallest absolute Gasteiger partial charge is 0.129 e. The van der Waals surface area contributed by atoms with Crippen LogP contribution >= 0.6 is 24.0 Å². The van der Waals surface area contributed by atoms with Gasteiger partial charge in [-0.1, -0.05) is 23.7 Å². The Hall–Kier alpha value is -0.610. The second kappa shape index (κ2) is 7.85. The Morgan fingerprint density at radius 3 is 2.68 bits per heavy atom. The summed E-state index contributed by atoms with van der Waals surface area (Å²) in [6.07, 6.45) is 2.54. The molecule has 0 aromatic heterocycles. The number of hydrogen-bond acceptors (Lipinski definition) is 2. The molecular weight excluding hydrogens is 286 g/mol. The van der Waals surface area contributed by atoms with Crippen molar-refractivity contribution < 1.29 is 4.39 Å². The zero-order valence-corrected chi connectivity index (χ0v) is 12.3. The van der Waals surface area contributed by atoms with Crippen molar-refractivity contribution in [3.05, 3.63) is 47.3 Å². The van der Waals surface area contributed by atoms with E-state index in [4.69, 9.17) is 11.6 Å². The molecule has 5 heteroatoms. The summed E-state index contributed by atoms with van der Waals surface area (Å²) in [7, 11) is 0. The molecule has 0 saturated carbocycles. The Morgan fingerprint density at radius 1 is 1.42 bits per heavy atom. The van der Waals surface area contributed by atoms with E-state index >= 15 is 0 Å². The van der Waals surface area contributed by atoms with Gasteiger partial charge < -0.3 is 5.32 Å². The van der Waals surface area contributed by atoms with Crippen molar-refractivity contribution >= 4 is 24.0 Å². The minimum atomic E-state index is -0.229. The molecule has 0 unspecified atom stereocenters. The average molecular weight is 305 g/mol. The third-order valence-electron chi connectivity index (χ3n) is 3.32. The molecular formula is C14H19Cl2FN2. The lowest BCUT2D eigenvalue weighted by molar-refractivity contribution is 0.171. The summed E-state index contributed by atoms with van der Waals surface area (Å²) >= 11 is 6.16. The maximum absolute atomic E-state index is 14.0. The molecule has 0 amide bonds. The van der Waals surface area contributed by atoms with Crippen LogP contribution in [0.25, 0.3) is 0 Å². The van der Waals surface area contributed by atoms with Crippen molar-refractivity contribution in [3.8, 4) is 0 Å². The van der Waals surface area contributed by atoms with Gasteiger partial charge in [-0.25, -0.2) is 4.39 Å². The summed E-state index contributed by atoms with van der Waals surface area (Å²) in [4.78, 5) is 2.27. The lowest BCUT2D eigenvalue weighted by atomic mass is 10.0. The minimum absolute atomic E-state index is 0. The van der Waals surface area contributed by atoms with Crippen LogP contribution in [0.15, 0.2) is 30.9 Å². The molecule has 1 heterocycles. The second-order valence-electron chi connectivity index (χ2n) is 4.46. The van der Waals surface area contributed by atoms with E-state index in [9.17, 15) is 4.39 Å². The van der Waals surface area contributed by atoms with Crippen LogP contribution in [0.2, 0.25) is 5.02 Å². The summed E-state index contributed by atoms with van der Waals surface area (Å²) in [5.74, 6) is -0.229. The zero-order chi connectivity index (χ0) is 13.0. The summed E-state index contributed by atoms with van der Waals surface area (Å²) < 4.78 is 14.0. The summed E-state index contributed by atoms with van der Waals surface area (Å²) in [6.45, 7) is 7.44. The molecule has 1 saturated heterocycles. The van der Waals surface area contributed by atoms with Crippen LogP contribution in [-0.4, -0.2) is 31.1 Å². The number of piperazine rings is 1. The van der Waals surface area contributed by atoms with Crippen LogP contribution in [-0.2, 0) is 0 Å². The van der Waals surface area contributed by atoms with Gasteiger partial charge >= 0.3 is 0 Å². The van der Waals surface area contributed by atoms with Gasteiger partial charge in [0, 0.05) is 42.8 Å². The van der Waals surface area contributed by atoms with E-state index in [2.05, 4.69) is 16.8 Å². The van der Waals surface area contributed by atoms with Crippen molar-refractivity contribution in [2.75, 3.05) is 26.2 Å². The fraction of sp³-hybridized carbons (Fsp3) is 0.429. The highest BCUT2D eigenvalue weighted by Gasteiger charge is 2.25. The van der Waals surface area contributed by atoms with Crippen LogP contribution in [0.1, 0.15) is 18.0 Å². The summed E-state index contributed by atoms with van der Waals surface area (Å²) in [5.41, 5.74) is 0.598. The predicted octanol–water partition coefficient (Wildman–Crippen LogP) is 3.42. The Labute approximate surface area is 125 Å². The first-order chi connectivity index (χ1) is 8.74. The van der Waals surface area contributed by atoms with Crippen molar-refractivity contribution in [2.24, 2.45) is 0 Å². The number of hydrogen-bond donors (Lipinski definition) is 1. The molecule has 1 aliphatic heterocycles. The fourth-order valence-corrected chi connectivity index (χ4v) is 2.72. The predicted molar refractivity (Wildman–Crippen MR) is 80.7 cm³/mol. The van der Waals surface area contributed by atoms with E-state index < -0.39 is 0 Å². The van der Waals surface area contributed by atoms with Crippen molar-refractivity contribution in [1.29, 1.82) is 0 Å². The summed E-state index contributed by atoms with van der Waals surface area (Å²) in [5, 5.41) is 3.80. The minimum Gasteiger partial charge on any atom is -0.314 e. The van der Waals surface area contributed by atoms with Gasteiger partial charge in [0.05, 0.1) is 0 Å². The van der Waals surface area contributed by atoms with Gasteiger partial charge in [-0.3, -0.25) is 4.90 Å². The number of halogens is 3. The van der Waals surface area contributed by atoms with Gasteiger partial charge in [0.25, 0.3) is 0 Å². The first-order valence-corrected chi connectivity index (χ1v) is 6.61. The monoisotopic (exact) mass is 304 g/mol. The average Bonchev–Trinajstić information content (AvgIpc) is 2.38. The first kappa shape index (κ1) is 16.4. The molecule has 1 fully saturated rings. The third kappa shape index (κ3) is 3.93. The summed E-state index contributed by atoms with van der Waals surface area (Å²) in [6, 6.07) is 4.85. The lowest BCUT2D eigenvalue weighted by Crippen LogP contribution is -2.45. The molecule has 2 nitrogen and oxygen atoms in total. The number of benzene rings is 1. The molecule has 1 aromatic carbocycles. The maximum atomic E-state index is 14.0. The van der Waals surface area contributed by atoms with Crippen molar-refractivity contribution in [1.82, 2.24) is 10.2 Å². The highest BCUT2D eigenvalue weighted by molar-refractivity contribution is 6.31. The lowest BCUT2D eigenvalue weighted by Gasteiger charge is -2.35. The van der Waals surface area contributed by atoms with E-state index in [0.717, 1.165) is 26.2 Å². The van der Waals surface area contributed by atoms with Crippen LogP contribution in [0.5, 0.6) is 0 Å². The molecule has 1 aliphatic rings. The SMILES string of the molecule is C=CC[C@@H](c1c(F)cccc1Cl)N1CCNCC1.Cl. The van der Waals surface area contributed by atoms with Gasteiger partial charge in [-0.05, 0) is 18.6 Å². The number of rotatable bonds is 4. The Kier molecular flexibility index (Phi) is 6.80. The highest BCUT2D eigenvalue weighted by Crippen LogP contribution is 2.32. The molecule has 106 valence electrons. The maximum Gasteiger partial charge on any atom is 0.129 e. The van der Waals surface area contributed by atoms with Crippen LogP contribution in [0.3, 0.4) is 0 Å². The molecule has 2 rings (SSSR count). The molecule has 1 aromatic rings. The Morgan fingerprint density at radius 2 is 2.11 bits per heavy atom. The van der Waals surface area contributed by atoms with E-state index in [1.165, 1.54) is 6.07 Å². The molecule has 1 N–H and O–H groups in total. The largest absolute Gasteiger partial charge is 0.314 e. The molecule has 19 heavy (non-hydrogen) atoms. The van der Waals surface area contributed by atoms with Crippen LogP contribution in [0.4, 0.5) is 4.39 Å². The van der Waals surface area contributed by atoms with Crippen molar-refractivity contribution in [3.63, 3.8) is 0 Å². The van der Waals surface area contributed by atoms with E-state index in [1.54, 1.807) is 12.1 Å². The van der Waals surface area contributed by atoms with Gasteiger partial charge in [0.15, 0.2) is 0 Å². The van der Waals surface area contributed by atoms with Gasteiger partial charge in [0.2, 0.25) is 0 Å². The van der Waals surface area contributed by atoms with Gasteiger partial charge in [0.1, 0.15) is 5.82 Å². The standard InChI is InChI=1S/C14H18ClFN2.ClH/c1-2-4-13(18-9-7-17-8-10-18)14-11(15)5-3-6-12(14)16;/h2-3,5-6,13,17H,1,4,7-10H2;1H/t13-;/m0./s1. The van der Waals surface area contributed by atoms with Gasteiger partial charge in [-0.15, -0.1) is 19.0 Å². The van der Waals surface area contributed by atoms with Crippen LogP contribution in [0, 0.1) is 5.82 Å². The topological polar surface area (TPSA) is 15.3 Å². The van der Waals surface area contributed by atoms with Gasteiger partial charge in [-0.2, -0.15) is 0 Å². The molecule has 0 spiro atoms. The normalized spacial score (nSPS) is 17.6. The third-order valence-corrected chi connectivity index (χ3v) is 3.64. The second-order valence-corrected chi connectivity index (χ2v) is 4.87. The Bertz CT molecular complexity index is 400. The zero-order valence-electron chi connectivity index (χ0n) is 10.7. The quantitative estimate of drug-likeness (QED) is 0.858. The number of nitrogens with zero attached hydrogens (tertiary/aromatic N) is 1. The Balaban J connectivity index is 0.00000180. The number of nitrogens with one attached hydrogen (secondary N) is 1. The first-order valence-electron chi connectivity index (χ1n) is 6.23. The molecule has 1 atom stereocenters. The molecule has 0 radical (unpaired) electrons.